The molecule has 1 rings (SSSR count). The molecule has 1 atom stereocenters. The summed E-state index contributed by atoms with van der Waals surface area (Å²) < 4.78 is 5.48. The second kappa shape index (κ2) is 6.25. The van der Waals surface area contributed by atoms with Crippen LogP contribution in [0.3, 0.4) is 0 Å². The van der Waals surface area contributed by atoms with Crippen LogP contribution in [-0.2, 0) is 0 Å². The number of aliphatic hydroxyl groups is 1. The maximum atomic E-state index is 11.6. The third-order valence-electron chi connectivity index (χ3n) is 2.05. The molecule has 4 nitrogen and oxygen atoms in total. The number of ether oxygens (including phenoxy) is 1. The van der Waals surface area contributed by atoms with Crippen LogP contribution in [0, 0.1) is 0 Å². The number of nitrogens with one attached hydrogen (secondary N) is 1. The molecule has 0 bridgehead atoms. The predicted octanol–water partition coefficient (Wildman–Crippen LogP) is 1.58. The molecule has 0 aromatic heterocycles. The molecular formula is C13H19NO3. The van der Waals surface area contributed by atoms with E-state index >= 15 is 0 Å². The summed E-state index contributed by atoms with van der Waals surface area (Å²) in [4.78, 5) is 11.6. The monoisotopic (exact) mass is 237 g/mol. The van der Waals surface area contributed by atoms with Crippen molar-refractivity contribution in [1.82, 2.24) is 5.32 Å². The Balaban J connectivity index is 2.57. The molecule has 0 aliphatic rings. The number of aliphatic hydroxyl groups excluding tert-OH is 1. The van der Waals surface area contributed by atoms with Crippen molar-refractivity contribution in [2.24, 2.45) is 0 Å². The lowest BCUT2D eigenvalue weighted by molar-refractivity contribution is 0.0924. The van der Waals surface area contributed by atoms with Crippen molar-refractivity contribution in [1.29, 1.82) is 0 Å². The highest BCUT2D eigenvalue weighted by Crippen LogP contribution is 2.13. The number of benzene rings is 1. The molecule has 1 aromatic carbocycles. The van der Waals surface area contributed by atoms with Crippen molar-refractivity contribution in [2.75, 3.05) is 6.54 Å². The number of carbonyl (C=O) groups is 1. The molecule has 0 unspecified atom stereocenters. The smallest absolute Gasteiger partial charge is 0.251 e. The zero-order chi connectivity index (χ0) is 12.8. The van der Waals surface area contributed by atoms with Crippen molar-refractivity contribution >= 4 is 5.91 Å². The largest absolute Gasteiger partial charge is 0.491 e. The van der Waals surface area contributed by atoms with E-state index in [2.05, 4.69) is 5.32 Å². The molecule has 1 amide bonds. The maximum Gasteiger partial charge on any atom is 0.251 e. The number of amides is 1. The molecular weight excluding hydrogens is 218 g/mol. The van der Waals surface area contributed by atoms with Gasteiger partial charge in [0, 0.05) is 12.1 Å². The van der Waals surface area contributed by atoms with Crippen molar-refractivity contribution in [2.45, 2.75) is 33.0 Å². The topological polar surface area (TPSA) is 58.6 Å². The van der Waals surface area contributed by atoms with E-state index in [1.165, 1.54) is 0 Å². The molecule has 94 valence electrons. The lowest BCUT2D eigenvalue weighted by Gasteiger charge is -2.10. The zero-order valence-corrected chi connectivity index (χ0v) is 10.4. The molecule has 0 radical (unpaired) electrons. The molecule has 0 saturated carbocycles. The second-order valence-corrected chi connectivity index (χ2v) is 4.25. The van der Waals surface area contributed by atoms with Gasteiger partial charge in [0.15, 0.2) is 0 Å². The normalized spacial score (nSPS) is 12.3. The molecule has 0 aliphatic carbocycles. The van der Waals surface area contributed by atoms with Crippen molar-refractivity contribution < 1.29 is 14.6 Å². The van der Waals surface area contributed by atoms with Gasteiger partial charge in [0.25, 0.3) is 5.91 Å². The average Bonchev–Trinajstić information content (AvgIpc) is 2.26. The van der Waals surface area contributed by atoms with Gasteiger partial charge in [-0.1, -0.05) is 0 Å². The van der Waals surface area contributed by atoms with Crippen LogP contribution >= 0.6 is 0 Å². The Kier molecular flexibility index (Phi) is 4.97. The Morgan fingerprint density at radius 2 is 1.88 bits per heavy atom. The van der Waals surface area contributed by atoms with E-state index in [0.717, 1.165) is 5.75 Å². The molecule has 1 aromatic rings. The molecule has 0 aliphatic heterocycles. The predicted molar refractivity (Wildman–Crippen MR) is 66.2 cm³/mol. The van der Waals surface area contributed by atoms with Gasteiger partial charge in [-0.15, -0.1) is 0 Å². The Morgan fingerprint density at radius 1 is 1.29 bits per heavy atom. The lowest BCUT2D eigenvalue weighted by atomic mass is 10.2. The molecule has 0 saturated heterocycles. The first-order chi connectivity index (χ1) is 7.99. The van der Waals surface area contributed by atoms with E-state index < -0.39 is 6.10 Å². The van der Waals surface area contributed by atoms with Crippen LogP contribution in [0.25, 0.3) is 0 Å². The van der Waals surface area contributed by atoms with Crippen LogP contribution in [-0.4, -0.2) is 29.8 Å². The maximum absolute atomic E-state index is 11.6. The van der Waals surface area contributed by atoms with Crippen molar-refractivity contribution in [3.05, 3.63) is 29.8 Å². The molecule has 0 spiro atoms. The van der Waals surface area contributed by atoms with Crippen LogP contribution in [0.5, 0.6) is 5.75 Å². The fourth-order valence-corrected chi connectivity index (χ4v) is 1.30. The second-order valence-electron chi connectivity index (χ2n) is 4.25. The van der Waals surface area contributed by atoms with E-state index in [0.29, 0.717) is 5.56 Å². The first-order valence-electron chi connectivity index (χ1n) is 5.72. The minimum atomic E-state index is -0.539. The third kappa shape index (κ3) is 4.87. The first-order valence-corrected chi connectivity index (χ1v) is 5.72. The SMILES string of the molecule is CC(C)Oc1ccc(C(=O)NC[C@@H](C)O)cc1. The highest BCUT2D eigenvalue weighted by molar-refractivity contribution is 5.94. The number of hydrogen-bond acceptors (Lipinski definition) is 3. The lowest BCUT2D eigenvalue weighted by Crippen LogP contribution is -2.30. The van der Waals surface area contributed by atoms with E-state index in [-0.39, 0.29) is 18.6 Å². The van der Waals surface area contributed by atoms with Gasteiger partial charge in [-0.25, -0.2) is 0 Å². The molecule has 17 heavy (non-hydrogen) atoms. The van der Waals surface area contributed by atoms with Crippen LogP contribution in [0.1, 0.15) is 31.1 Å². The van der Waals surface area contributed by atoms with E-state index in [1.807, 2.05) is 13.8 Å². The van der Waals surface area contributed by atoms with Gasteiger partial charge in [-0.05, 0) is 45.0 Å². The van der Waals surface area contributed by atoms with Gasteiger partial charge in [0.1, 0.15) is 5.75 Å². The summed E-state index contributed by atoms with van der Waals surface area (Å²) in [5, 5.41) is 11.7. The van der Waals surface area contributed by atoms with Gasteiger partial charge in [0.2, 0.25) is 0 Å². The van der Waals surface area contributed by atoms with Crippen LogP contribution in [0.2, 0.25) is 0 Å². The van der Waals surface area contributed by atoms with Crippen molar-refractivity contribution in [3.63, 3.8) is 0 Å². The summed E-state index contributed by atoms with van der Waals surface area (Å²) in [5.41, 5.74) is 0.557. The summed E-state index contributed by atoms with van der Waals surface area (Å²) in [6.45, 7) is 5.77. The fraction of sp³-hybridized carbons (Fsp3) is 0.462. The summed E-state index contributed by atoms with van der Waals surface area (Å²) >= 11 is 0. The molecule has 2 N–H and O–H groups in total. The van der Waals surface area contributed by atoms with Crippen molar-refractivity contribution in [3.8, 4) is 5.75 Å². The minimum absolute atomic E-state index is 0.116. The fourth-order valence-electron chi connectivity index (χ4n) is 1.30. The standard InChI is InChI=1S/C13H19NO3/c1-9(2)17-12-6-4-11(5-7-12)13(16)14-8-10(3)15/h4-7,9-10,15H,8H2,1-3H3,(H,14,16)/t10-/m1/s1. The van der Waals surface area contributed by atoms with Crippen LogP contribution in [0.4, 0.5) is 0 Å². The Morgan fingerprint density at radius 3 is 2.35 bits per heavy atom. The van der Waals surface area contributed by atoms with Gasteiger partial charge < -0.3 is 15.2 Å². The highest BCUT2D eigenvalue weighted by Gasteiger charge is 2.06. The summed E-state index contributed by atoms with van der Waals surface area (Å²) in [6.07, 6.45) is -0.424. The number of carbonyl (C=O) groups excluding carboxylic acids is 1. The van der Waals surface area contributed by atoms with Crippen LogP contribution in [0.15, 0.2) is 24.3 Å². The Labute approximate surface area is 102 Å². The van der Waals surface area contributed by atoms with Gasteiger partial charge in [0.05, 0.1) is 12.2 Å². The van der Waals surface area contributed by atoms with Gasteiger partial charge in [-0.3, -0.25) is 4.79 Å². The van der Waals surface area contributed by atoms with Gasteiger partial charge >= 0.3 is 0 Å². The molecule has 4 heteroatoms. The van der Waals surface area contributed by atoms with Gasteiger partial charge in [-0.2, -0.15) is 0 Å². The van der Waals surface area contributed by atoms with E-state index in [4.69, 9.17) is 9.84 Å². The van der Waals surface area contributed by atoms with E-state index in [9.17, 15) is 4.79 Å². The highest BCUT2D eigenvalue weighted by atomic mass is 16.5. The number of hydrogen-bond donors (Lipinski definition) is 2. The third-order valence-corrected chi connectivity index (χ3v) is 2.05. The van der Waals surface area contributed by atoms with E-state index in [1.54, 1.807) is 31.2 Å². The number of rotatable bonds is 5. The zero-order valence-electron chi connectivity index (χ0n) is 10.4. The van der Waals surface area contributed by atoms with Crippen LogP contribution < -0.4 is 10.1 Å². The molecule has 0 fully saturated rings. The Hall–Kier alpha value is -1.55. The minimum Gasteiger partial charge on any atom is -0.491 e. The average molecular weight is 237 g/mol. The first kappa shape index (κ1) is 13.5. The quantitative estimate of drug-likeness (QED) is 0.817. The Bertz CT molecular complexity index is 357. The summed E-state index contributed by atoms with van der Waals surface area (Å²) in [6, 6.07) is 6.93. The summed E-state index contributed by atoms with van der Waals surface area (Å²) in [5.74, 6) is 0.550. The molecule has 0 heterocycles. The summed E-state index contributed by atoms with van der Waals surface area (Å²) in [7, 11) is 0.